The molecule has 0 unspecified atom stereocenters. The van der Waals surface area contributed by atoms with Gasteiger partial charge >= 0.3 is 0 Å². The molecular formula is C18H23N3S. The number of hydrogen-bond donors (Lipinski definition) is 2. The van der Waals surface area contributed by atoms with Crippen molar-refractivity contribution in [3.63, 3.8) is 0 Å². The Hall–Kier alpha value is -1.42. The first-order chi connectivity index (χ1) is 10.7. The molecule has 22 heavy (non-hydrogen) atoms. The predicted molar refractivity (Wildman–Crippen MR) is 93.8 cm³/mol. The lowest BCUT2D eigenvalue weighted by molar-refractivity contribution is -0.0101. The van der Waals surface area contributed by atoms with Gasteiger partial charge in [-0.1, -0.05) is 30.3 Å². The summed E-state index contributed by atoms with van der Waals surface area (Å²) < 4.78 is 0. The molecular weight excluding hydrogens is 290 g/mol. The Balaban J connectivity index is 1.35. The second kappa shape index (κ2) is 5.65. The Morgan fingerprint density at radius 1 is 1.05 bits per heavy atom. The molecule has 4 aliphatic rings. The van der Waals surface area contributed by atoms with Crippen molar-refractivity contribution in [2.24, 2.45) is 22.9 Å². The fourth-order valence-corrected chi connectivity index (χ4v) is 5.51. The van der Waals surface area contributed by atoms with Crippen molar-refractivity contribution in [2.45, 2.75) is 44.1 Å². The lowest BCUT2D eigenvalue weighted by Crippen LogP contribution is -2.61. The van der Waals surface area contributed by atoms with Crippen molar-refractivity contribution in [1.29, 1.82) is 0 Å². The van der Waals surface area contributed by atoms with E-state index < -0.39 is 0 Å². The van der Waals surface area contributed by atoms with Crippen molar-refractivity contribution in [1.82, 2.24) is 10.7 Å². The van der Waals surface area contributed by atoms with Crippen LogP contribution in [-0.4, -0.2) is 16.9 Å². The molecule has 1 aromatic carbocycles. The zero-order chi connectivity index (χ0) is 15.0. The molecule has 0 aliphatic heterocycles. The summed E-state index contributed by atoms with van der Waals surface area (Å²) >= 11 is 5.47. The largest absolute Gasteiger partial charge is 0.356 e. The topological polar surface area (TPSA) is 36.4 Å². The van der Waals surface area contributed by atoms with Gasteiger partial charge in [-0.15, -0.1) is 0 Å². The summed E-state index contributed by atoms with van der Waals surface area (Å²) in [5.74, 6) is 2.78. The van der Waals surface area contributed by atoms with Gasteiger partial charge in [0.25, 0.3) is 0 Å². The van der Waals surface area contributed by atoms with Gasteiger partial charge in [0.15, 0.2) is 5.11 Å². The summed E-state index contributed by atoms with van der Waals surface area (Å²) in [7, 11) is 0. The minimum atomic E-state index is 0.251. The van der Waals surface area contributed by atoms with E-state index >= 15 is 0 Å². The number of hydrazone groups is 1. The summed E-state index contributed by atoms with van der Waals surface area (Å²) in [5.41, 5.74) is 4.32. The van der Waals surface area contributed by atoms with E-state index in [1.807, 2.05) is 36.5 Å². The Morgan fingerprint density at radius 3 is 2.23 bits per heavy atom. The van der Waals surface area contributed by atoms with Crippen LogP contribution in [0.1, 0.15) is 44.1 Å². The van der Waals surface area contributed by atoms with Crippen molar-refractivity contribution < 1.29 is 0 Å². The molecule has 4 heteroatoms. The van der Waals surface area contributed by atoms with Crippen LogP contribution in [-0.2, 0) is 0 Å². The van der Waals surface area contributed by atoms with Gasteiger partial charge in [0.2, 0.25) is 0 Å². The molecule has 3 nitrogen and oxygen atoms in total. The minimum Gasteiger partial charge on any atom is -0.356 e. The molecule has 1 aromatic rings. The van der Waals surface area contributed by atoms with Crippen molar-refractivity contribution in [2.75, 3.05) is 0 Å². The smallest absolute Gasteiger partial charge is 0.187 e. The van der Waals surface area contributed by atoms with Gasteiger partial charge in [-0.2, -0.15) is 5.10 Å². The zero-order valence-corrected chi connectivity index (χ0v) is 13.6. The number of nitrogens with one attached hydrogen (secondary N) is 2. The van der Waals surface area contributed by atoms with Crippen LogP contribution < -0.4 is 10.7 Å². The van der Waals surface area contributed by atoms with Crippen LogP contribution in [0.15, 0.2) is 35.4 Å². The molecule has 0 amide bonds. The molecule has 0 aromatic heterocycles. The maximum absolute atomic E-state index is 5.47. The summed E-state index contributed by atoms with van der Waals surface area (Å²) in [6.07, 6.45) is 10.1. The molecule has 0 heterocycles. The Morgan fingerprint density at radius 2 is 1.64 bits per heavy atom. The normalized spacial score (nSPS) is 35.7. The van der Waals surface area contributed by atoms with Crippen LogP contribution in [0.25, 0.3) is 0 Å². The first-order valence-corrected chi connectivity index (χ1v) is 8.78. The third-order valence-electron chi connectivity index (χ3n) is 5.60. The Bertz CT molecular complexity index is 546. The van der Waals surface area contributed by atoms with E-state index in [9.17, 15) is 0 Å². The predicted octanol–water partition coefficient (Wildman–Crippen LogP) is 3.45. The fourth-order valence-electron chi connectivity index (χ4n) is 5.24. The van der Waals surface area contributed by atoms with Crippen molar-refractivity contribution >= 4 is 23.5 Å². The van der Waals surface area contributed by atoms with Crippen LogP contribution in [0.4, 0.5) is 0 Å². The van der Waals surface area contributed by atoms with Crippen LogP contribution in [0, 0.1) is 17.8 Å². The third kappa shape index (κ3) is 2.89. The number of nitrogens with zero attached hydrogens (tertiary/aromatic N) is 1. The molecule has 4 fully saturated rings. The molecule has 4 aliphatic carbocycles. The summed E-state index contributed by atoms with van der Waals surface area (Å²) in [6, 6.07) is 10.1. The van der Waals surface area contributed by atoms with Crippen LogP contribution in [0.2, 0.25) is 0 Å². The lowest BCUT2D eigenvalue weighted by atomic mass is 9.53. The van der Waals surface area contributed by atoms with Gasteiger partial charge in [-0.05, 0) is 74.1 Å². The quantitative estimate of drug-likeness (QED) is 0.510. The number of rotatable bonds is 3. The standard InChI is InChI=1S/C18H23N3S/c22-17(21-19-12-13-4-2-1-3-5-13)20-18-9-14-6-15(10-18)8-16(7-14)11-18/h1-5,12,14-16H,6-11H2,(H2,20,21,22)/b19-12-. The molecule has 116 valence electrons. The third-order valence-corrected chi connectivity index (χ3v) is 5.79. The van der Waals surface area contributed by atoms with Crippen molar-refractivity contribution in [3.8, 4) is 0 Å². The highest BCUT2D eigenvalue weighted by atomic mass is 32.1. The van der Waals surface area contributed by atoms with E-state index in [1.54, 1.807) is 0 Å². The Kier molecular flexibility index (Phi) is 3.65. The number of benzene rings is 1. The molecule has 4 saturated carbocycles. The highest BCUT2D eigenvalue weighted by Crippen LogP contribution is 2.55. The summed E-state index contributed by atoms with van der Waals surface area (Å²) in [5, 5.41) is 8.55. The molecule has 2 N–H and O–H groups in total. The van der Waals surface area contributed by atoms with Gasteiger partial charge in [-0.3, -0.25) is 5.43 Å². The molecule has 0 saturated heterocycles. The van der Waals surface area contributed by atoms with E-state index in [0.29, 0.717) is 5.11 Å². The second-order valence-corrected chi connectivity index (χ2v) is 7.84. The monoisotopic (exact) mass is 313 g/mol. The second-order valence-electron chi connectivity index (χ2n) is 7.43. The zero-order valence-electron chi connectivity index (χ0n) is 12.8. The average molecular weight is 313 g/mol. The van der Waals surface area contributed by atoms with Crippen molar-refractivity contribution in [3.05, 3.63) is 35.9 Å². The van der Waals surface area contributed by atoms with Gasteiger partial charge < -0.3 is 5.32 Å². The Labute approximate surface area is 137 Å². The first kappa shape index (κ1) is 14.2. The van der Waals surface area contributed by atoms with Crippen LogP contribution in [0.3, 0.4) is 0 Å². The van der Waals surface area contributed by atoms with E-state index in [0.717, 1.165) is 23.3 Å². The minimum absolute atomic E-state index is 0.251. The maximum Gasteiger partial charge on any atom is 0.187 e. The van der Waals surface area contributed by atoms with Gasteiger partial charge in [0, 0.05) is 5.54 Å². The molecule has 0 spiro atoms. The number of hydrogen-bond acceptors (Lipinski definition) is 2. The van der Waals surface area contributed by atoms with E-state index in [-0.39, 0.29) is 5.54 Å². The van der Waals surface area contributed by atoms with E-state index in [4.69, 9.17) is 12.2 Å². The van der Waals surface area contributed by atoms with Crippen LogP contribution >= 0.6 is 12.2 Å². The van der Waals surface area contributed by atoms with Gasteiger partial charge in [0.05, 0.1) is 6.21 Å². The highest BCUT2D eigenvalue weighted by molar-refractivity contribution is 7.80. The summed E-state index contributed by atoms with van der Waals surface area (Å²) in [4.78, 5) is 0. The maximum atomic E-state index is 5.47. The SMILES string of the molecule is S=C(N/N=C\c1ccccc1)NC12CC3CC(CC(C3)C1)C2. The lowest BCUT2D eigenvalue weighted by Gasteiger charge is -2.57. The molecule has 5 rings (SSSR count). The van der Waals surface area contributed by atoms with E-state index in [1.165, 1.54) is 38.5 Å². The first-order valence-electron chi connectivity index (χ1n) is 8.37. The van der Waals surface area contributed by atoms with Gasteiger partial charge in [-0.25, -0.2) is 0 Å². The van der Waals surface area contributed by atoms with Gasteiger partial charge in [0.1, 0.15) is 0 Å². The number of thiocarbonyl (C=S) groups is 1. The molecule has 0 radical (unpaired) electrons. The van der Waals surface area contributed by atoms with Crippen LogP contribution in [0.5, 0.6) is 0 Å². The molecule has 0 atom stereocenters. The highest BCUT2D eigenvalue weighted by Gasteiger charge is 2.51. The molecule has 4 bridgehead atoms. The fraction of sp³-hybridized carbons (Fsp3) is 0.556. The summed E-state index contributed by atoms with van der Waals surface area (Å²) in [6.45, 7) is 0. The average Bonchev–Trinajstić information content (AvgIpc) is 2.46. The van der Waals surface area contributed by atoms with E-state index in [2.05, 4.69) is 15.8 Å².